The first-order chi connectivity index (χ1) is 7.85. The maximum Gasteiger partial charge on any atom is 0.0710 e. The van der Waals surface area contributed by atoms with E-state index < -0.39 is 0 Å². The highest BCUT2D eigenvalue weighted by atomic mass is 16.5. The SMILES string of the molecule is CCNC1CCOCC1N1CCC(OC)C1. The number of hydrogen-bond donors (Lipinski definition) is 1. The van der Waals surface area contributed by atoms with Crippen molar-refractivity contribution in [1.82, 2.24) is 10.2 Å². The van der Waals surface area contributed by atoms with E-state index in [2.05, 4.69) is 17.1 Å². The molecule has 0 aromatic carbocycles. The van der Waals surface area contributed by atoms with Crippen molar-refractivity contribution in [2.75, 3.05) is 40.0 Å². The molecule has 1 N–H and O–H groups in total. The van der Waals surface area contributed by atoms with Gasteiger partial charge in [-0.2, -0.15) is 0 Å². The first-order valence-corrected chi connectivity index (χ1v) is 6.43. The van der Waals surface area contributed by atoms with Crippen LogP contribution >= 0.6 is 0 Å². The second kappa shape index (κ2) is 5.96. The Labute approximate surface area is 98.3 Å². The van der Waals surface area contributed by atoms with Crippen LogP contribution in [0.15, 0.2) is 0 Å². The van der Waals surface area contributed by atoms with Crippen LogP contribution in [0.5, 0.6) is 0 Å². The minimum Gasteiger partial charge on any atom is -0.380 e. The zero-order valence-electron chi connectivity index (χ0n) is 10.4. The van der Waals surface area contributed by atoms with Crippen LogP contribution in [0.25, 0.3) is 0 Å². The molecule has 0 spiro atoms. The van der Waals surface area contributed by atoms with Crippen LogP contribution < -0.4 is 5.32 Å². The van der Waals surface area contributed by atoms with Crippen molar-refractivity contribution in [3.63, 3.8) is 0 Å². The van der Waals surface area contributed by atoms with E-state index in [-0.39, 0.29) is 0 Å². The van der Waals surface area contributed by atoms with Crippen LogP contribution in [-0.2, 0) is 9.47 Å². The number of methoxy groups -OCH3 is 1. The minimum absolute atomic E-state index is 0.421. The Balaban J connectivity index is 1.90. The molecule has 0 aliphatic carbocycles. The average molecular weight is 228 g/mol. The van der Waals surface area contributed by atoms with Gasteiger partial charge >= 0.3 is 0 Å². The number of hydrogen-bond acceptors (Lipinski definition) is 4. The quantitative estimate of drug-likeness (QED) is 0.758. The minimum atomic E-state index is 0.421. The van der Waals surface area contributed by atoms with E-state index in [4.69, 9.17) is 9.47 Å². The molecule has 0 radical (unpaired) electrons. The van der Waals surface area contributed by atoms with Gasteiger partial charge in [-0.05, 0) is 19.4 Å². The molecule has 2 heterocycles. The highest BCUT2D eigenvalue weighted by molar-refractivity contribution is 4.91. The zero-order valence-corrected chi connectivity index (χ0v) is 10.4. The molecule has 16 heavy (non-hydrogen) atoms. The van der Waals surface area contributed by atoms with Gasteiger partial charge < -0.3 is 14.8 Å². The van der Waals surface area contributed by atoms with Crippen molar-refractivity contribution in [2.45, 2.75) is 38.0 Å². The summed E-state index contributed by atoms with van der Waals surface area (Å²) in [6.07, 6.45) is 2.71. The van der Waals surface area contributed by atoms with Crippen LogP contribution in [-0.4, -0.2) is 63.0 Å². The molecule has 4 heteroatoms. The Hall–Kier alpha value is -0.160. The number of ether oxygens (including phenoxy) is 2. The molecule has 0 aromatic rings. The van der Waals surface area contributed by atoms with Gasteiger partial charge in [0.05, 0.1) is 12.7 Å². The summed E-state index contributed by atoms with van der Waals surface area (Å²) in [6, 6.07) is 1.13. The second-order valence-corrected chi connectivity index (χ2v) is 4.74. The molecular weight excluding hydrogens is 204 g/mol. The topological polar surface area (TPSA) is 33.7 Å². The fraction of sp³-hybridized carbons (Fsp3) is 1.00. The molecule has 94 valence electrons. The molecule has 2 saturated heterocycles. The third-order valence-electron chi connectivity index (χ3n) is 3.77. The van der Waals surface area contributed by atoms with Gasteiger partial charge in [0.1, 0.15) is 0 Å². The molecule has 3 unspecified atom stereocenters. The van der Waals surface area contributed by atoms with Gasteiger partial charge in [0.2, 0.25) is 0 Å². The molecule has 0 saturated carbocycles. The van der Waals surface area contributed by atoms with Gasteiger partial charge in [-0.1, -0.05) is 6.92 Å². The van der Waals surface area contributed by atoms with E-state index >= 15 is 0 Å². The highest BCUT2D eigenvalue weighted by Gasteiger charge is 2.34. The lowest BCUT2D eigenvalue weighted by Crippen LogP contribution is -2.54. The fourth-order valence-corrected chi connectivity index (χ4v) is 2.83. The number of likely N-dealkylation sites (tertiary alicyclic amines) is 1. The summed E-state index contributed by atoms with van der Waals surface area (Å²) in [4.78, 5) is 2.53. The smallest absolute Gasteiger partial charge is 0.0710 e. The molecule has 0 bridgehead atoms. The third kappa shape index (κ3) is 2.74. The summed E-state index contributed by atoms with van der Waals surface area (Å²) in [5.74, 6) is 0. The number of nitrogens with zero attached hydrogens (tertiary/aromatic N) is 1. The van der Waals surface area contributed by atoms with Gasteiger partial charge in [0, 0.05) is 38.9 Å². The van der Waals surface area contributed by atoms with Gasteiger partial charge in [-0.15, -0.1) is 0 Å². The van der Waals surface area contributed by atoms with Crippen molar-refractivity contribution in [3.05, 3.63) is 0 Å². The van der Waals surface area contributed by atoms with Crippen molar-refractivity contribution in [3.8, 4) is 0 Å². The Kier molecular flexibility index (Phi) is 4.58. The molecule has 0 aromatic heterocycles. The normalized spacial score (nSPS) is 36.8. The first kappa shape index (κ1) is 12.3. The molecule has 2 fully saturated rings. The molecule has 4 nitrogen and oxygen atoms in total. The van der Waals surface area contributed by atoms with Gasteiger partial charge in [0.25, 0.3) is 0 Å². The largest absolute Gasteiger partial charge is 0.380 e. The maximum absolute atomic E-state index is 5.62. The van der Waals surface area contributed by atoms with Crippen molar-refractivity contribution >= 4 is 0 Å². The van der Waals surface area contributed by atoms with Crippen molar-refractivity contribution in [2.24, 2.45) is 0 Å². The fourth-order valence-electron chi connectivity index (χ4n) is 2.83. The van der Waals surface area contributed by atoms with Crippen molar-refractivity contribution < 1.29 is 9.47 Å². The van der Waals surface area contributed by atoms with E-state index in [1.807, 2.05) is 7.11 Å². The van der Waals surface area contributed by atoms with Gasteiger partial charge in [-0.3, -0.25) is 4.90 Å². The Morgan fingerprint density at radius 2 is 2.31 bits per heavy atom. The second-order valence-electron chi connectivity index (χ2n) is 4.74. The number of rotatable bonds is 4. The van der Waals surface area contributed by atoms with E-state index in [1.54, 1.807) is 0 Å². The molecule has 3 atom stereocenters. The number of likely N-dealkylation sites (N-methyl/N-ethyl adjacent to an activating group) is 1. The lowest BCUT2D eigenvalue weighted by atomic mass is 10.0. The van der Waals surface area contributed by atoms with Crippen LogP contribution in [0.2, 0.25) is 0 Å². The summed E-state index contributed by atoms with van der Waals surface area (Å²) in [7, 11) is 1.81. The van der Waals surface area contributed by atoms with Gasteiger partial charge in [0.15, 0.2) is 0 Å². The van der Waals surface area contributed by atoms with Crippen LogP contribution in [0.4, 0.5) is 0 Å². The predicted molar refractivity (Wildman–Crippen MR) is 63.7 cm³/mol. The van der Waals surface area contributed by atoms with Crippen LogP contribution in [0.3, 0.4) is 0 Å². The molecule has 2 rings (SSSR count). The molecular formula is C12H24N2O2. The Morgan fingerprint density at radius 3 is 3.00 bits per heavy atom. The Morgan fingerprint density at radius 1 is 1.44 bits per heavy atom. The van der Waals surface area contributed by atoms with Crippen LogP contribution in [0, 0.1) is 0 Å². The Bertz CT molecular complexity index is 211. The maximum atomic E-state index is 5.62. The monoisotopic (exact) mass is 228 g/mol. The molecule has 2 aliphatic heterocycles. The highest BCUT2D eigenvalue weighted by Crippen LogP contribution is 2.21. The summed E-state index contributed by atoms with van der Waals surface area (Å²) in [5, 5.41) is 3.58. The third-order valence-corrected chi connectivity index (χ3v) is 3.77. The average Bonchev–Trinajstić information content (AvgIpc) is 2.79. The summed E-state index contributed by atoms with van der Waals surface area (Å²) in [6.45, 7) is 7.20. The first-order valence-electron chi connectivity index (χ1n) is 6.43. The van der Waals surface area contributed by atoms with E-state index in [9.17, 15) is 0 Å². The van der Waals surface area contributed by atoms with Crippen LogP contribution in [0.1, 0.15) is 19.8 Å². The lowest BCUT2D eigenvalue weighted by Gasteiger charge is -2.38. The van der Waals surface area contributed by atoms with E-state index in [0.29, 0.717) is 18.2 Å². The number of nitrogens with one attached hydrogen (secondary N) is 1. The summed E-state index contributed by atoms with van der Waals surface area (Å²) < 4.78 is 11.0. The van der Waals surface area contributed by atoms with Gasteiger partial charge in [-0.25, -0.2) is 0 Å². The zero-order chi connectivity index (χ0) is 11.4. The summed E-state index contributed by atoms with van der Waals surface area (Å²) in [5.41, 5.74) is 0. The van der Waals surface area contributed by atoms with E-state index in [1.165, 1.54) is 0 Å². The predicted octanol–water partition coefficient (Wildman–Crippen LogP) is 0.474. The van der Waals surface area contributed by atoms with Crippen molar-refractivity contribution in [1.29, 1.82) is 0 Å². The molecule has 0 amide bonds. The lowest BCUT2D eigenvalue weighted by molar-refractivity contribution is -0.000525. The van der Waals surface area contributed by atoms with E-state index in [0.717, 1.165) is 45.7 Å². The standard InChI is InChI=1S/C12H24N2O2/c1-3-13-11-5-7-16-9-12(11)14-6-4-10(8-14)15-2/h10-13H,3-9H2,1-2H3. The summed E-state index contributed by atoms with van der Waals surface area (Å²) >= 11 is 0. The molecule has 2 aliphatic rings.